The van der Waals surface area contributed by atoms with Gasteiger partial charge in [0.15, 0.2) is 6.20 Å². The Morgan fingerprint density at radius 2 is 1.75 bits per heavy atom. The van der Waals surface area contributed by atoms with Crippen molar-refractivity contribution in [1.82, 2.24) is 4.98 Å². The third kappa shape index (κ3) is 1.75. The molecule has 2 nitrogen and oxygen atoms in total. The summed E-state index contributed by atoms with van der Waals surface area (Å²) in [5.41, 5.74) is 2.20. The number of aryl methyl sites for hydroxylation is 1. The Morgan fingerprint density at radius 3 is 2.50 bits per heavy atom. The number of hydrogen-bond donors (Lipinski definition) is 0. The topological polar surface area (TPSA) is 16.8 Å². The summed E-state index contributed by atoms with van der Waals surface area (Å²) in [7, 11) is 2.04. The van der Waals surface area contributed by atoms with Gasteiger partial charge in [0.25, 0.3) is 0 Å². The summed E-state index contributed by atoms with van der Waals surface area (Å²) in [6, 6.07) is 12.7. The fourth-order valence-electron chi connectivity index (χ4n) is 1.90. The van der Waals surface area contributed by atoms with Gasteiger partial charge in [-0.25, -0.2) is 4.98 Å². The van der Waals surface area contributed by atoms with Crippen LogP contribution in [-0.2, 0) is 7.05 Å². The van der Waals surface area contributed by atoms with Crippen LogP contribution in [0.1, 0.15) is 0 Å². The van der Waals surface area contributed by atoms with Crippen LogP contribution >= 0.6 is 0 Å². The summed E-state index contributed by atoms with van der Waals surface area (Å²) in [6.07, 6.45) is 3.80. The van der Waals surface area contributed by atoms with E-state index in [0.717, 1.165) is 11.0 Å². The molecular weight excluding hydrogens is 311 g/mol. The van der Waals surface area contributed by atoms with Crippen molar-refractivity contribution in [3.05, 3.63) is 48.8 Å². The lowest BCUT2D eigenvalue weighted by atomic mass is 10.1. The summed E-state index contributed by atoms with van der Waals surface area (Å²) in [6.45, 7) is 0. The first-order chi connectivity index (χ1) is 7.34. The fourth-order valence-corrected chi connectivity index (χ4v) is 1.90. The molecular formula is C13H11IN2. The van der Waals surface area contributed by atoms with Crippen molar-refractivity contribution in [2.45, 2.75) is 0 Å². The van der Waals surface area contributed by atoms with Crippen LogP contribution in [0, 0.1) is 0 Å². The van der Waals surface area contributed by atoms with Crippen LogP contribution in [0.5, 0.6) is 0 Å². The van der Waals surface area contributed by atoms with Gasteiger partial charge in [-0.3, -0.25) is 0 Å². The van der Waals surface area contributed by atoms with Crippen LogP contribution in [-0.4, -0.2) is 4.98 Å². The second-order valence-electron chi connectivity index (χ2n) is 3.73. The maximum absolute atomic E-state index is 4.37. The molecule has 0 fully saturated rings. The van der Waals surface area contributed by atoms with Crippen molar-refractivity contribution < 1.29 is 28.5 Å². The van der Waals surface area contributed by atoms with Gasteiger partial charge in [0, 0.05) is 6.07 Å². The molecule has 0 aliphatic rings. The van der Waals surface area contributed by atoms with Crippen molar-refractivity contribution in [1.29, 1.82) is 0 Å². The number of hydrogen-bond acceptors (Lipinski definition) is 1. The first kappa shape index (κ1) is 11.3. The van der Waals surface area contributed by atoms with Crippen LogP contribution in [0.4, 0.5) is 0 Å². The zero-order chi connectivity index (χ0) is 10.3. The molecule has 0 unspecified atom stereocenters. The molecule has 80 valence electrons. The van der Waals surface area contributed by atoms with Crippen LogP contribution < -0.4 is 28.5 Å². The minimum absolute atomic E-state index is 0. The molecule has 3 aromatic rings. The summed E-state index contributed by atoms with van der Waals surface area (Å²) in [5, 5.41) is 2.50. The number of halogens is 1. The molecule has 0 amide bonds. The molecule has 0 saturated carbocycles. The number of nitrogens with zero attached hydrogens (tertiary/aromatic N) is 2. The second-order valence-corrected chi connectivity index (χ2v) is 3.73. The number of aromatic nitrogens is 2. The zero-order valence-corrected chi connectivity index (χ0v) is 11.0. The number of rotatable bonds is 0. The molecule has 0 radical (unpaired) electrons. The molecule has 0 saturated heterocycles. The van der Waals surface area contributed by atoms with E-state index in [9.17, 15) is 0 Å². The first-order valence-electron chi connectivity index (χ1n) is 4.98. The summed E-state index contributed by atoms with van der Waals surface area (Å²) in [5.74, 6) is 0. The molecule has 0 atom stereocenters. The Kier molecular flexibility index (Phi) is 3.05. The Morgan fingerprint density at radius 1 is 1.06 bits per heavy atom. The maximum Gasteiger partial charge on any atom is 0.231 e. The highest BCUT2D eigenvalue weighted by molar-refractivity contribution is 5.93. The third-order valence-electron chi connectivity index (χ3n) is 2.73. The van der Waals surface area contributed by atoms with E-state index in [-0.39, 0.29) is 24.0 Å². The molecule has 3 rings (SSSR count). The van der Waals surface area contributed by atoms with Crippen molar-refractivity contribution >= 4 is 21.8 Å². The highest BCUT2D eigenvalue weighted by atomic mass is 127. The van der Waals surface area contributed by atoms with Gasteiger partial charge in [0.1, 0.15) is 12.6 Å². The standard InChI is InChI=1S/C13H11N2.HI/c1-15-7-6-14-12-8-10-4-2-3-5-11(10)9-13(12)15;/h2-9H,1H3;1H/q+1;/p-1. The smallest absolute Gasteiger partial charge is 0.231 e. The lowest BCUT2D eigenvalue weighted by Gasteiger charge is -1.99. The molecule has 0 bridgehead atoms. The quantitative estimate of drug-likeness (QED) is 0.301. The molecule has 0 aliphatic carbocycles. The predicted molar refractivity (Wildman–Crippen MR) is 60.4 cm³/mol. The number of benzene rings is 2. The van der Waals surface area contributed by atoms with E-state index >= 15 is 0 Å². The Bertz CT molecular complexity index is 650. The first-order valence-corrected chi connectivity index (χ1v) is 4.98. The zero-order valence-electron chi connectivity index (χ0n) is 8.89. The average Bonchev–Trinajstić information content (AvgIpc) is 2.27. The molecule has 1 heterocycles. The maximum atomic E-state index is 4.37. The van der Waals surface area contributed by atoms with Gasteiger partial charge in [0.05, 0.1) is 6.20 Å². The predicted octanol–water partition coefficient (Wildman–Crippen LogP) is -0.784. The fraction of sp³-hybridized carbons (Fsp3) is 0.0769. The van der Waals surface area contributed by atoms with Crippen LogP contribution in [0.25, 0.3) is 21.8 Å². The van der Waals surface area contributed by atoms with Crippen LogP contribution in [0.15, 0.2) is 48.8 Å². The lowest BCUT2D eigenvalue weighted by molar-refractivity contribution is -0.645. The van der Waals surface area contributed by atoms with Gasteiger partial charge < -0.3 is 24.0 Å². The van der Waals surface area contributed by atoms with Crippen molar-refractivity contribution in [3.8, 4) is 0 Å². The van der Waals surface area contributed by atoms with Gasteiger partial charge in [0.2, 0.25) is 5.52 Å². The largest absolute Gasteiger partial charge is 1.00 e. The van der Waals surface area contributed by atoms with E-state index in [1.165, 1.54) is 10.8 Å². The average molecular weight is 322 g/mol. The van der Waals surface area contributed by atoms with Crippen LogP contribution in [0.3, 0.4) is 0 Å². The van der Waals surface area contributed by atoms with Crippen LogP contribution in [0.2, 0.25) is 0 Å². The summed E-state index contributed by atoms with van der Waals surface area (Å²) in [4.78, 5) is 4.37. The minimum atomic E-state index is 0. The van der Waals surface area contributed by atoms with Gasteiger partial charge in [-0.2, -0.15) is 4.57 Å². The molecule has 16 heavy (non-hydrogen) atoms. The van der Waals surface area contributed by atoms with Crippen molar-refractivity contribution in [2.75, 3.05) is 0 Å². The van der Waals surface area contributed by atoms with E-state index < -0.39 is 0 Å². The van der Waals surface area contributed by atoms with E-state index in [4.69, 9.17) is 0 Å². The van der Waals surface area contributed by atoms with Gasteiger partial charge in [-0.1, -0.05) is 24.3 Å². The monoisotopic (exact) mass is 322 g/mol. The summed E-state index contributed by atoms with van der Waals surface area (Å²) < 4.78 is 2.09. The van der Waals surface area contributed by atoms with E-state index in [1.807, 2.05) is 19.4 Å². The Balaban J connectivity index is 0.000000963. The SMILES string of the molecule is C[n+]1ccnc2cc3ccccc3cc21.[I-]. The Hall–Kier alpha value is -1.23. The van der Waals surface area contributed by atoms with E-state index in [0.29, 0.717) is 0 Å². The molecule has 0 N–H and O–H groups in total. The molecule has 0 spiro atoms. The Labute approximate surface area is 111 Å². The van der Waals surface area contributed by atoms with Gasteiger partial charge >= 0.3 is 0 Å². The van der Waals surface area contributed by atoms with E-state index in [1.54, 1.807) is 0 Å². The van der Waals surface area contributed by atoms with Gasteiger partial charge in [-0.05, 0) is 16.8 Å². The van der Waals surface area contributed by atoms with Gasteiger partial charge in [-0.15, -0.1) is 0 Å². The van der Waals surface area contributed by atoms with Crippen molar-refractivity contribution in [2.24, 2.45) is 7.05 Å². The lowest BCUT2D eigenvalue weighted by Crippen LogP contribution is -3.00. The molecule has 0 aliphatic heterocycles. The minimum Gasteiger partial charge on any atom is -1.00 e. The second kappa shape index (κ2) is 4.33. The van der Waals surface area contributed by atoms with E-state index in [2.05, 4.69) is 45.9 Å². The van der Waals surface area contributed by atoms with Crippen molar-refractivity contribution in [3.63, 3.8) is 0 Å². The summed E-state index contributed by atoms with van der Waals surface area (Å²) >= 11 is 0. The third-order valence-corrected chi connectivity index (χ3v) is 2.73. The molecule has 1 aromatic heterocycles. The highest BCUT2D eigenvalue weighted by Crippen LogP contribution is 2.18. The molecule has 3 heteroatoms. The normalized spacial score (nSPS) is 10.3. The number of fused-ring (bicyclic) bond motifs is 2. The highest BCUT2D eigenvalue weighted by Gasteiger charge is 2.05. The molecule has 2 aromatic carbocycles.